The molecule has 0 aliphatic rings. The fourth-order valence-electron chi connectivity index (χ4n) is 1.93. The highest BCUT2D eigenvalue weighted by atomic mass is 35.5. The van der Waals surface area contributed by atoms with Crippen molar-refractivity contribution < 1.29 is 9.53 Å². The average molecular weight is 319 g/mol. The molecule has 0 bridgehead atoms. The summed E-state index contributed by atoms with van der Waals surface area (Å²) < 4.78 is 5.67. The van der Waals surface area contributed by atoms with Crippen LogP contribution in [-0.2, 0) is 0 Å². The van der Waals surface area contributed by atoms with Gasteiger partial charge in [-0.15, -0.1) is 0 Å². The second-order valence-electron chi connectivity index (χ2n) is 5.01. The Morgan fingerprint density at radius 3 is 2.77 bits per heavy atom. The first-order chi connectivity index (χ1) is 10.5. The van der Waals surface area contributed by atoms with Gasteiger partial charge in [0.25, 0.3) is 0 Å². The van der Waals surface area contributed by atoms with Crippen molar-refractivity contribution in [2.24, 2.45) is 0 Å². The maximum atomic E-state index is 11.7. The van der Waals surface area contributed by atoms with Gasteiger partial charge < -0.3 is 15.4 Å². The SMILES string of the molecule is Cc1ccc(C)c(OCCNC(=O)Nc2cccc(Cl)c2)c1. The zero-order chi connectivity index (χ0) is 15.9. The first kappa shape index (κ1) is 16.2. The van der Waals surface area contributed by atoms with E-state index in [9.17, 15) is 4.79 Å². The number of carbonyl (C=O) groups is 1. The van der Waals surface area contributed by atoms with Crippen molar-refractivity contribution in [3.63, 3.8) is 0 Å². The third-order valence-electron chi connectivity index (χ3n) is 3.07. The van der Waals surface area contributed by atoms with Crippen LogP contribution in [0.2, 0.25) is 5.02 Å². The van der Waals surface area contributed by atoms with E-state index in [2.05, 4.69) is 10.6 Å². The van der Waals surface area contributed by atoms with Crippen LogP contribution in [-0.4, -0.2) is 19.2 Å². The fourth-order valence-corrected chi connectivity index (χ4v) is 2.12. The van der Waals surface area contributed by atoms with Crippen molar-refractivity contribution >= 4 is 23.3 Å². The number of halogens is 1. The number of hydrogen-bond acceptors (Lipinski definition) is 2. The highest BCUT2D eigenvalue weighted by Crippen LogP contribution is 2.18. The Balaban J connectivity index is 1.74. The molecular weight excluding hydrogens is 300 g/mol. The lowest BCUT2D eigenvalue weighted by molar-refractivity contribution is 0.247. The molecule has 0 fully saturated rings. The minimum atomic E-state index is -0.285. The van der Waals surface area contributed by atoms with Crippen molar-refractivity contribution in [3.8, 4) is 5.75 Å². The average Bonchev–Trinajstić information content (AvgIpc) is 2.47. The number of rotatable bonds is 5. The molecule has 2 rings (SSSR count). The van der Waals surface area contributed by atoms with Crippen LogP contribution in [0.25, 0.3) is 0 Å². The number of aryl methyl sites for hydroxylation is 2. The van der Waals surface area contributed by atoms with Crippen molar-refractivity contribution in [1.29, 1.82) is 0 Å². The predicted octanol–water partition coefficient (Wildman–Crippen LogP) is 4.16. The number of hydrogen-bond donors (Lipinski definition) is 2. The van der Waals surface area contributed by atoms with Crippen molar-refractivity contribution in [2.75, 3.05) is 18.5 Å². The van der Waals surface area contributed by atoms with E-state index in [0.29, 0.717) is 23.9 Å². The molecule has 116 valence electrons. The van der Waals surface area contributed by atoms with Crippen LogP contribution < -0.4 is 15.4 Å². The summed E-state index contributed by atoms with van der Waals surface area (Å²) in [5.74, 6) is 0.844. The fraction of sp³-hybridized carbons (Fsp3) is 0.235. The van der Waals surface area contributed by atoms with Gasteiger partial charge in [0.1, 0.15) is 12.4 Å². The van der Waals surface area contributed by atoms with E-state index >= 15 is 0 Å². The molecule has 0 radical (unpaired) electrons. The molecule has 0 atom stereocenters. The zero-order valence-electron chi connectivity index (χ0n) is 12.7. The minimum absolute atomic E-state index is 0.285. The zero-order valence-corrected chi connectivity index (χ0v) is 13.4. The number of amides is 2. The number of nitrogens with one attached hydrogen (secondary N) is 2. The molecule has 0 spiro atoms. The standard InChI is InChI=1S/C17H19ClN2O2/c1-12-6-7-13(2)16(10-12)22-9-8-19-17(21)20-15-5-3-4-14(18)11-15/h3-7,10-11H,8-9H2,1-2H3,(H2,19,20,21). The Morgan fingerprint density at radius 2 is 2.00 bits per heavy atom. The van der Waals surface area contributed by atoms with E-state index in [4.69, 9.17) is 16.3 Å². The molecule has 5 heteroatoms. The van der Waals surface area contributed by atoms with Gasteiger partial charge in [-0.25, -0.2) is 4.79 Å². The Labute approximate surface area is 135 Å². The largest absolute Gasteiger partial charge is 0.491 e. The van der Waals surface area contributed by atoms with E-state index in [1.807, 2.05) is 32.0 Å². The topological polar surface area (TPSA) is 50.4 Å². The molecule has 0 saturated carbocycles. The van der Waals surface area contributed by atoms with Gasteiger partial charge in [-0.1, -0.05) is 29.8 Å². The summed E-state index contributed by atoms with van der Waals surface area (Å²) in [6.07, 6.45) is 0. The predicted molar refractivity (Wildman–Crippen MR) is 89.9 cm³/mol. The van der Waals surface area contributed by atoms with Crippen LogP contribution in [0.3, 0.4) is 0 Å². The molecular formula is C17H19ClN2O2. The Kier molecular flexibility index (Phi) is 5.67. The highest BCUT2D eigenvalue weighted by molar-refractivity contribution is 6.30. The lowest BCUT2D eigenvalue weighted by Gasteiger charge is -2.11. The third-order valence-corrected chi connectivity index (χ3v) is 3.31. The summed E-state index contributed by atoms with van der Waals surface area (Å²) in [6, 6.07) is 12.8. The number of anilines is 1. The van der Waals surface area contributed by atoms with E-state index in [1.165, 1.54) is 0 Å². The van der Waals surface area contributed by atoms with Gasteiger partial charge in [0.2, 0.25) is 0 Å². The summed E-state index contributed by atoms with van der Waals surface area (Å²) in [4.78, 5) is 11.7. The normalized spacial score (nSPS) is 10.1. The van der Waals surface area contributed by atoms with E-state index in [-0.39, 0.29) is 6.03 Å². The first-order valence-corrected chi connectivity index (χ1v) is 7.43. The van der Waals surface area contributed by atoms with Gasteiger partial charge in [0, 0.05) is 10.7 Å². The monoisotopic (exact) mass is 318 g/mol. The Hall–Kier alpha value is -2.20. The summed E-state index contributed by atoms with van der Waals surface area (Å²) >= 11 is 5.86. The number of carbonyl (C=O) groups excluding carboxylic acids is 1. The van der Waals surface area contributed by atoms with Gasteiger partial charge in [0.05, 0.1) is 6.54 Å². The molecule has 2 amide bonds. The number of benzene rings is 2. The molecule has 0 saturated heterocycles. The maximum Gasteiger partial charge on any atom is 0.319 e. The molecule has 2 N–H and O–H groups in total. The van der Waals surface area contributed by atoms with Crippen molar-refractivity contribution in [2.45, 2.75) is 13.8 Å². The summed E-state index contributed by atoms with van der Waals surface area (Å²) in [7, 11) is 0. The maximum absolute atomic E-state index is 11.7. The summed E-state index contributed by atoms with van der Waals surface area (Å²) in [5.41, 5.74) is 2.88. The molecule has 0 heterocycles. The number of ether oxygens (including phenoxy) is 1. The van der Waals surface area contributed by atoms with Gasteiger partial charge in [0.15, 0.2) is 0 Å². The second-order valence-corrected chi connectivity index (χ2v) is 5.45. The third kappa shape index (κ3) is 4.97. The van der Waals surface area contributed by atoms with Crippen molar-refractivity contribution in [1.82, 2.24) is 5.32 Å². The van der Waals surface area contributed by atoms with E-state index < -0.39 is 0 Å². The molecule has 0 aliphatic carbocycles. The van der Waals surface area contributed by atoms with E-state index in [1.54, 1.807) is 24.3 Å². The van der Waals surface area contributed by atoms with Crippen LogP contribution in [0.15, 0.2) is 42.5 Å². The van der Waals surface area contributed by atoms with Crippen LogP contribution >= 0.6 is 11.6 Å². The molecule has 2 aromatic rings. The van der Waals surface area contributed by atoms with Gasteiger partial charge in [-0.2, -0.15) is 0 Å². The summed E-state index contributed by atoms with van der Waals surface area (Å²) in [6.45, 7) is 4.84. The molecule has 4 nitrogen and oxygen atoms in total. The molecule has 2 aromatic carbocycles. The van der Waals surface area contributed by atoms with Crippen LogP contribution in [0.1, 0.15) is 11.1 Å². The van der Waals surface area contributed by atoms with Crippen molar-refractivity contribution in [3.05, 3.63) is 58.6 Å². The van der Waals surface area contributed by atoms with Gasteiger partial charge >= 0.3 is 6.03 Å². The van der Waals surface area contributed by atoms with Gasteiger partial charge in [-0.05, 0) is 49.2 Å². The molecule has 22 heavy (non-hydrogen) atoms. The van der Waals surface area contributed by atoms with Gasteiger partial charge in [-0.3, -0.25) is 0 Å². The summed E-state index contributed by atoms with van der Waals surface area (Å²) in [5, 5.41) is 6.03. The lowest BCUT2D eigenvalue weighted by atomic mass is 10.1. The molecule has 0 aliphatic heterocycles. The van der Waals surface area contributed by atoms with Crippen LogP contribution in [0.5, 0.6) is 5.75 Å². The Morgan fingerprint density at radius 1 is 1.18 bits per heavy atom. The number of urea groups is 1. The first-order valence-electron chi connectivity index (χ1n) is 7.05. The van der Waals surface area contributed by atoms with Crippen LogP contribution in [0, 0.1) is 13.8 Å². The minimum Gasteiger partial charge on any atom is -0.491 e. The van der Waals surface area contributed by atoms with Crippen LogP contribution in [0.4, 0.5) is 10.5 Å². The lowest BCUT2D eigenvalue weighted by Crippen LogP contribution is -2.32. The second kappa shape index (κ2) is 7.71. The Bertz CT molecular complexity index is 659. The smallest absolute Gasteiger partial charge is 0.319 e. The quantitative estimate of drug-likeness (QED) is 0.813. The molecule has 0 aromatic heterocycles. The van der Waals surface area contributed by atoms with E-state index in [0.717, 1.165) is 16.9 Å². The molecule has 0 unspecified atom stereocenters. The highest BCUT2D eigenvalue weighted by Gasteiger charge is 2.03.